The lowest BCUT2D eigenvalue weighted by molar-refractivity contribution is -0.384. The second-order valence-corrected chi connectivity index (χ2v) is 7.61. The molecule has 1 saturated carbocycles. The predicted octanol–water partition coefficient (Wildman–Crippen LogP) is 4.51. The van der Waals surface area contributed by atoms with E-state index < -0.39 is 11.1 Å². The lowest BCUT2D eigenvalue weighted by atomic mass is 9.71. The van der Waals surface area contributed by atoms with E-state index in [1.165, 1.54) is 30.7 Å². The number of amides is 1. The molecule has 2 aromatic carbocycles. The summed E-state index contributed by atoms with van der Waals surface area (Å²) in [6.07, 6.45) is 4.39. The number of hydrogen-bond donors (Lipinski definition) is 1. The highest BCUT2D eigenvalue weighted by molar-refractivity contribution is 5.93. The van der Waals surface area contributed by atoms with Crippen molar-refractivity contribution >= 4 is 29.7 Å². The Morgan fingerprint density at radius 3 is 2.42 bits per heavy atom. The molecule has 0 unspecified atom stereocenters. The molecule has 0 spiro atoms. The molecule has 0 bridgehead atoms. The summed E-state index contributed by atoms with van der Waals surface area (Å²) in [7, 11) is 0. The summed E-state index contributed by atoms with van der Waals surface area (Å²) in [5, 5.41) is 13.4. The number of hydrogen-bond acceptors (Lipinski definition) is 7. The fourth-order valence-corrected chi connectivity index (χ4v) is 3.00. The number of carbonyl (C=O) groups excluding carboxylic acids is 2. The number of aliphatic imine (C=N–C) groups is 1. The maximum atomic E-state index is 12.0. The van der Waals surface area contributed by atoms with Crippen molar-refractivity contribution in [2.24, 2.45) is 10.4 Å². The van der Waals surface area contributed by atoms with Crippen LogP contribution in [0.2, 0.25) is 0 Å². The van der Waals surface area contributed by atoms with Crippen LogP contribution in [0.25, 0.3) is 0 Å². The fourth-order valence-electron chi connectivity index (χ4n) is 3.00. The van der Waals surface area contributed by atoms with E-state index >= 15 is 0 Å². The summed E-state index contributed by atoms with van der Waals surface area (Å²) in [4.78, 5) is 38.1. The Morgan fingerprint density at radius 2 is 1.84 bits per heavy atom. The summed E-state index contributed by atoms with van der Waals surface area (Å²) >= 11 is 0. The monoisotopic (exact) mass is 425 g/mol. The number of anilines is 1. The van der Waals surface area contributed by atoms with E-state index in [9.17, 15) is 19.7 Å². The summed E-state index contributed by atoms with van der Waals surface area (Å²) in [5.41, 5.74) is 1.36. The second-order valence-electron chi connectivity index (χ2n) is 7.61. The maximum Gasteiger partial charge on any atom is 0.514 e. The van der Waals surface area contributed by atoms with Gasteiger partial charge in [0, 0.05) is 29.4 Å². The molecule has 9 nitrogen and oxygen atoms in total. The Morgan fingerprint density at radius 1 is 1.16 bits per heavy atom. The summed E-state index contributed by atoms with van der Waals surface area (Å²) < 4.78 is 10.00. The molecule has 0 atom stereocenters. The number of nitrogens with zero attached hydrogens (tertiary/aromatic N) is 2. The third-order valence-corrected chi connectivity index (χ3v) is 4.98. The largest absolute Gasteiger partial charge is 0.514 e. The summed E-state index contributed by atoms with van der Waals surface area (Å²) in [6, 6.07) is 11.9. The molecule has 0 heterocycles. The van der Waals surface area contributed by atoms with E-state index in [2.05, 4.69) is 17.2 Å². The van der Waals surface area contributed by atoms with Gasteiger partial charge in [-0.15, -0.1) is 0 Å². The first-order valence-electron chi connectivity index (χ1n) is 9.82. The van der Waals surface area contributed by atoms with Crippen molar-refractivity contribution in [1.82, 2.24) is 0 Å². The Hall–Kier alpha value is -3.75. The molecule has 1 amide bonds. The average molecular weight is 425 g/mol. The molecule has 3 rings (SSSR count). The second kappa shape index (κ2) is 9.84. The van der Waals surface area contributed by atoms with Gasteiger partial charge in [0.15, 0.2) is 0 Å². The van der Waals surface area contributed by atoms with Crippen molar-refractivity contribution in [3.8, 4) is 5.75 Å². The van der Waals surface area contributed by atoms with Crippen molar-refractivity contribution in [2.45, 2.75) is 32.8 Å². The minimum atomic E-state index is -0.927. The topological polar surface area (TPSA) is 120 Å². The van der Waals surface area contributed by atoms with Crippen molar-refractivity contribution < 1.29 is 24.0 Å². The van der Waals surface area contributed by atoms with Crippen molar-refractivity contribution in [3.05, 3.63) is 64.2 Å². The van der Waals surface area contributed by atoms with Crippen LogP contribution in [0.15, 0.2) is 53.5 Å². The smallest absolute Gasteiger partial charge is 0.429 e. The molecule has 2 aromatic rings. The van der Waals surface area contributed by atoms with Gasteiger partial charge in [-0.2, -0.15) is 0 Å². The molecular formula is C22H23N3O6. The number of non-ortho nitro benzene ring substituents is 1. The van der Waals surface area contributed by atoms with Gasteiger partial charge in [-0.05, 0) is 42.7 Å². The molecule has 31 heavy (non-hydrogen) atoms. The van der Waals surface area contributed by atoms with Crippen molar-refractivity contribution in [3.63, 3.8) is 0 Å². The lowest BCUT2D eigenvalue weighted by Gasteiger charge is -2.34. The molecule has 1 aliphatic rings. The maximum absolute atomic E-state index is 12.0. The van der Waals surface area contributed by atoms with Gasteiger partial charge in [0.2, 0.25) is 5.91 Å². The highest BCUT2D eigenvalue weighted by Crippen LogP contribution is 2.38. The molecule has 1 fully saturated rings. The standard InChI is InChI=1S/C22H23N3O6/c1-22(11-2-12-22)15-23-13-20(26)24-17-5-3-16(4-6-17)14-30-21(27)31-19-9-7-18(8-10-19)25(28)29/h3-10,15H,2,11-14H2,1H3,(H,24,26)/b23-15+. The van der Waals surface area contributed by atoms with Crippen LogP contribution in [-0.2, 0) is 16.1 Å². The Labute approximate surface area is 179 Å². The van der Waals surface area contributed by atoms with Crippen LogP contribution in [0.5, 0.6) is 5.75 Å². The Bertz CT molecular complexity index is 966. The SMILES string of the molecule is CC1(/C=N/CC(=O)Nc2ccc(COC(=O)Oc3ccc([N+](=O)[O-])cc3)cc2)CCC1. The first-order valence-corrected chi connectivity index (χ1v) is 9.82. The van der Waals surface area contributed by atoms with E-state index in [1.807, 2.05) is 6.21 Å². The van der Waals surface area contributed by atoms with Gasteiger partial charge >= 0.3 is 6.16 Å². The van der Waals surface area contributed by atoms with E-state index in [1.54, 1.807) is 24.3 Å². The number of nitrogens with one attached hydrogen (secondary N) is 1. The predicted molar refractivity (Wildman–Crippen MR) is 114 cm³/mol. The highest BCUT2D eigenvalue weighted by Gasteiger charge is 2.29. The summed E-state index contributed by atoms with van der Waals surface area (Å²) in [5.74, 6) is -0.0579. The normalized spacial score (nSPS) is 14.5. The first kappa shape index (κ1) is 21.9. The number of nitro benzene ring substituents is 1. The van der Waals surface area contributed by atoms with E-state index in [-0.39, 0.29) is 35.9 Å². The van der Waals surface area contributed by atoms with Gasteiger partial charge in [-0.1, -0.05) is 25.5 Å². The minimum absolute atomic E-state index is 0.0249. The molecule has 1 aliphatic carbocycles. The molecule has 0 radical (unpaired) electrons. The number of benzene rings is 2. The molecule has 162 valence electrons. The highest BCUT2D eigenvalue weighted by atomic mass is 16.7. The lowest BCUT2D eigenvalue weighted by Crippen LogP contribution is -2.27. The third kappa shape index (κ3) is 6.63. The molecule has 0 aliphatic heterocycles. The van der Waals surface area contributed by atoms with Crippen LogP contribution in [0, 0.1) is 15.5 Å². The first-order chi connectivity index (χ1) is 14.8. The molecular weight excluding hydrogens is 402 g/mol. The summed E-state index contributed by atoms with van der Waals surface area (Å²) in [6.45, 7) is 2.19. The third-order valence-electron chi connectivity index (χ3n) is 4.98. The van der Waals surface area contributed by atoms with Gasteiger partial charge < -0.3 is 14.8 Å². The van der Waals surface area contributed by atoms with E-state index in [0.29, 0.717) is 11.3 Å². The van der Waals surface area contributed by atoms with Crippen LogP contribution in [0.3, 0.4) is 0 Å². The van der Waals surface area contributed by atoms with Gasteiger partial charge in [-0.3, -0.25) is 19.9 Å². The van der Waals surface area contributed by atoms with Crippen molar-refractivity contribution in [1.29, 1.82) is 0 Å². The molecule has 0 saturated heterocycles. The number of rotatable bonds is 8. The van der Waals surface area contributed by atoms with Crippen LogP contribution in [0.1, 0.15) is 31.7 Å². The van der Waals surface area contributed by atoms with Crippen molar-refractivity contribution in [2.75, 3.05) is 11.9 Å². The number of nitro groups is 1. The molecule has 1 N–H and O–H groups in total. The van der Waals surface area contributed by atoms with Gasteiger partial charge in [0.1, 0.15) is 18.9 Å². The zero-order valence-electron chi connectivity index (χ0n) is 17.1. The van der Waals surface area contributed by atoms with Crippen LogP contribution < -0.4 is 10.1 Å². The van der Waals surface area contributed by atoms with Gasteiger partial charge in [-0.25, -0.2) is 4.79 Å². The fraction of sp³-hybridized carbons (Fsp3) is 0.318. The quantitative estimate of drug-likeness (QED) is 0.218. The van der Waals surface area contributed by atoms with Crippen LogP contribution >= 0.6 is 0 Å². The minimum Gasteiger partial charge on any atom is -0.429 e. The average Bonchev–Trinajstić information content (AvgIpc) is 2.72. The Balaban J connectivity index is 1.40. The van der Waals surface area contributed by atoms with Gasteiger partial charge in [0.25, 0.3) is 5.69 Å². The Kier molecular flexibility index (Phi) is 6.96. The van der Waals surface area contributed by atoms with Crippen LogP contribution in [-0.4, -0.2) is 29.7 Å². The van der Waals surface area contributed by atoms with Gasteiger partial charge in [0.05, 0.1) is 4.92 Å². The van der Waals surface area contributed by atoms with E-state index in [0.717, 1.165) is 12.8 Å². The number of ether oxygens (including phenoxy) is 2. The molecule has 9 heteroatoms. The molecule has 0 aromatic heterocycles. The zero-order chi connectivity index (χ0) is 22.3. The number of carbonyl (C=O) groups is 2. The van der Waals surface area contributed by atoms with E-state index in [4.69, 9.17) is 9.47 Å². The zero-order valence-corrected chi connectivity index (χ0v) is 17.1. The van der Waals surface area contributed by atoms with Crippen LogP contribution in [0.4, 0.5) is 16.2 Å².